The lowest BCUT2D eigenvalue weighted by Crippen LogP contribution is -2.19. The first kappa shape index (κ1) is 13.5. The lowest BCUT2D eigenvalue weighted by Gasteiger charge is -2.24. The van der Waals surface area contributed by atoms with E-state index in [-0.39, 0.29) is 0 Å². The summed E-state index contributed by atoms with van der Waals surface area (Å²) in [7, 11) is 3.28. The van der Waals surface area contributed by atoms with Crippen molar-refractivity contribution in [3.05, 3.63) is 16.9 Å². The maximum Gasteiger partial charge on any atom is 0.178 e. The van der Waals surface area contributed by atoms with Gasteiger partial charge >= 0.3 is 0 Å². The van der Waals surface area contributed by atoms with Gasteiger partial charge in [0.05, 0.1) is 25.3 Å². The molecule has 0 unspecified atom stereocenters. The quantitative estimate of drug-likeness (QED) is 0.884. The minimum absolute atomic E-state index is 0.378. The number of benzene rings is 1. The molecule has 1 saturated heterocycles. The van der Waals surface area contributed by atoms with Gasteiger partial charge in [-0.3, -0.25) is 0 Å². The SMILES string of the molecule is COc1cc2[nH]c(=S)n(C3CCOCC3)c2cc1OC. The van der Waals surface area contributed by atoms with E-state index in [1.165, 1.54) is 0 Å². The average molecular weight is 294 g/mol. The van der Waals surface area contributed by atoms with Crippen LogP contribution in [0.3, 0.4) is 0 Å². The topological polar surface area (TPSA) is 48.4 Å². The van der Waals surface area contributed by atoms with E-state index in [1.807, 2.05) is 12.1 Å². The fourth-order valence-electron chi connectivity index (χ4n) is 2.76. The van der Waals surface area contributed by atoms with Crippen LogP contribution < -0.4 is 9.47 Å². The number of ether oxygens (including phenoxy) is 3. The van der Waals surface area contributed by atoms with E-state index >= 15 is 0 Å². The third-order valence-electron chi connectivity index (χ3n) is 3.78. The molecule has 0 amide bonds. The van der Waals surface area contributed by atoms with Gasteiger partial charge in [0, 0.05) is 31.4 Å². The van der Waals surface area contributed by atoms with Gasteiger partial charge in [-0.05, 0) is 25.1 Å². The number of hydrogen-bond acceptors (Lipinski definition) is 4. The number of H-pyrrole nitrogens is 1. The molecular weight excluding hydrogens is 276 g/mol. The second-order valence-electron chi connectivity index (χ2n) is 4.87. The Morgan fingerprint density at radius 1 is 1.20 bits per heavy atom. The van der Waals surface area contributed by atoms with Gasteiger partial charge in [0.25, 0.3) is 0 Å². The summed E-state index contributed by atoms with van der Waals surface area (Å²) in [4.78, 5) is 3.25. The molecule has 2 aromatic rings. The molecule has 0 saturated carbocycles. The molecule has 1 aliphatic heterocycles. The predicted octanol–water partition coefficient (Wildman–Crippen LogP) is 3.07. The Labute approximate surface area is 122 Å². The van der Waals surface area contributed by atoms with Crippen molar-refractivity contribution < 1.29 is 14.2 Å². The number of nitrogens with zero attached hydrogens (tertiary/aromatic N) is 1. The van der Waals surface area contributed by atoms with Crippen LogP contribution in [0, 0.1) is 4.77 Å². The second-order valence-corrected chi connectivity index (χ2v) is 5.25. The van der Waals surface area contributed by atoms with Crippen LogP contribution >= 0.6 is 12.2 Å². The Balaban J connectivity index is 2.16. The second kappa shape index (κ2) is 5.46. The molecule has 1 aromatic carbocycles. The van der Waals surface area contributed by atoms with Gasteiger partial charge in [-0.2, -0.15) is 0 Å². The monoisotopic (exact) mass is 294 g/mol. The van der Waals surface area contributed by atoms with Gasteiger partial charge in [0.1, 0.15) is 0 Å². The minimum atomic E-state index is 0.378. The van der Waals surface area contributed by atoms with Gasteiger partial charge in [-0.15, -0.1) is 0 Å². The van der Waals surface area contributed by atoms with E-state index in [4.69, 9.17) is 26.4 Å². The summed E-state index contributed by atoms with van der Waals surface area (Å²) in [6.45, 7) is 1.57. The number of aromatic amines is 1. The van der Waals surface area contributed by atoms with Gasteiger partial charge < -0.3 is 23.8 Å². The van der Waals surface area contributed by atoms with E-state index in [0.717, 1.165) is 47.6 Å². The van der Waals surface area contributed by atoms with E-state index in [9.17, 15) is 0 Å². The summed E-state index contributed by atoms with van der Waals surface area (Å²) in [6.07, 6.45) is 1.96. The number of nitrogens with one attached hydrogen (secondary N) is 1. The average Bonchev–Trinajstić information content (AvgIpc) is 2.81. The molecule has 1 aliphatic rings. The largest absolute Gasteiger partial charge is 0.493 e. The molecule has 5 nitrogen and oxygen atoms in total. The molecule has 1 N–H and O–H groups in total. The molecule has 1 fully saturated rings. The fraction of sp³-hybridized carbons (Fsp3) is 0.500. The number of aromatic nitrogens is 2. The lowest BCUT2D eigenvalue weighted by atomic mass is 10.1. The molecule has 1 aromatic heterocycles. The summed E-state index contributed by atoms with van der Waals surface area (Å²) in [6, 6.07) is 4.29. The normalized spacial score (nSPS) is 16.5. The fourth-order valence-corrected chi connectivity index (χ4v) is 3.12. The number of methoxy groups -OCH3 is 2. The van der Waals surface area contributed by atoms with Crippen molar-refractivity contribution in [2.45, 2.75) is 18.9 Å². The van der Waals surface area contributed by atoms with Gasteiger partial charge in [-0.25, -0.2) is 0 Å². The third-order valence-corrected chi connectivity index (χ3v) is 4.08. The molecule has 0 bridgehead atoms. The third kappa shape index (κ3) is 2.19. The first-order chi connectivity index (χ1) is 9.74. The van der Waals surface area contributed by atoms with Crippen LogP contribution in [0.2, 0.25) is 0 Å². The van der Waals surface area contributed by atoms with Crippen molar-refractivity contribution in [1.82, 2.24) is 9.55 Å². The highest BCUT2D eigenvalue weighted by Crippen LogP contribution is 2.34. The van der Waals surface area contributed by atoms with E-state index in [1.54, 1.807) is 14.2 Å². The van der Waals surface area contributed by atoms with E-state index < -0.39 is 0 Å². The van der Waals surface area contributed by atoms with Gasteiger partial charge in [-0.1, -0.05) is 0 Å². The van der Waals surface area contributed by atoms with Crippen molar-refractivity contribution in [1.29, 1.82) is 0 Å². The van der Waals surface area contributed by atoms with Gasteiger partial charge in [0.15, 0.2) is 16.3 Å². The van der Waals surface area contributed by atoms with Gasteiger partial charge in [0.2, 0.25) is 0 Å². The molecular formula is C14H18N2O3S. The summed E-state index contributed by atoms with van der Waals surface area (Å²) < 4.78 is 19.1. The zero-order valence-corrected chi connectivity index (χ0v) is 12.5. The van der Waals surface area contributed by atoms with Crippen LogP contribution in [0.4, 0.5) is 0 Å². The van der Waals surface area contributed by atoms with E-state index in [2.05, 4.69) is 9.55 Å². The lowest BCUT2D eigenvalue weighted by molar-refractivity contribution is 0.0702. The summed E-state index contributed by atoms with van der Waals surface area (Å²) in [5.74, 6) is 1.42. The van der Waals surface area contributed by atoms with E-state index in [0.29, 0.717) is 11.8 Å². The van der Waals surface area contributed by atoms with Crippen molar-refractivity contribution in [3.63, 3.8) is 0 Å². The predicted molar refractivity (Wildman–Crippen MR) is 79.3 cm³/mol. The Hall–Kier alpha value is -1.53. The van der Waals surface area contributed by atoms with Crippen molar-refractivity contribution in [2.75, 3.05) is 27.4 Å². The standard InChI is InChI=1S/C14H18N2O3S/c1-17-12-7-10-11(8-13(12)18-2)16(14(20)15-10)9-3-5-19-6-4-9/h7-9H,3-6H2,1-2H3,(H,15,20). The van der Waals surface area contributed by atoms with Crippen LogP contribution in [0.25, 0.3) is 11.0 Å². The maximum atomic E-state index is 5.48. The molecule has 0 aliphatic carbocycles. The summed E-state index contributed by atoms with van der Waals surface area (Å²) in [5.41, 5.74) is 2.03. The van der Waals surface area contributed by atoms with Crippen molar-refractivity contribution in [2.24, 2.45) is 0 Å². The molecule has 0 spiro atoms. The highest BCUT2D eigenvalue weighted by Gasteiger charge is 2.20. The smallest absolute Gasteiger partial charge is 0.178 e. The number of hydrogen-bond donors (Lipinski definition) is 1. The Morgan fingerprint density at radius 3 is 2.50 bits per heavy atom. The maximum absolute atomic E-state index is 5.48. The zero-order chi connectivity index (χ0) is 14.1. The Morgan fingerprint density at radius 2 is 1.85 bits per heavy atom. The van der Waals surface area contributed by atoms with Crippen molar-refractivity contribution >= 4 is 23.3 Å². The molecule has 6 heteroatoms. The van der Waals surface area contributed by atoms with Crippen LogP contribution in [-0.2, 0) is 4.74 Å². The van der Waals surface area contributed by atoms with Crippen LogP contribution in [0.15, 0.2) is 12.1 Å². The molecule has 0 radical (unpaired) electrons. The summed E-state index contributed by atoms with van der Waals surface area (Å²) >= 11 is 5.48. The number of fused-ring (bicyclic) bond motifs is 1. The Bertz CT molecular complexity index is 671. The van der Waals surface area contributed by atoms with Crippen LogP contribution in [-0.4, -0.2) is 37.0 Å². The van der Waals surface area contributed by atoms with Crippen molar-refractivity contribution in [3.8, 4) is 11.5 Å². The van der Waals surface area contributed by atoms with Crippen LogP contribution in [0.1, 0.15) is 18.9 Å². The number of rotatable bonds is 3. The molecule has 3 rings (SSSR count). The highest BCUT2D eigenvalue weighted by molar-refractivity contribution is 7.71. The first-order valence-electron chi connectivity index (χ1n) is 6.68. The number of imidazole rings is 1. The Kier molecular flexibility index (Phi) is 3.67. The highest BCUT2D eigenvalue weighted by atomic mass is 32.1. The molecule has 108 valence electrons. The summed E-state index contributed by atoms with van der Waals surface area (Å²) in [5, 5.41) is 0. The molecule has 0 atom stereocenters. The zero-order valence-electron chi connectivity index (χ0n) is 11.6. The van der Waals surface area contributed by atoms with Crippen LogP contribution in [0.5, 0.6) is 11.5 Å². The minimum Gasteiger partial charge on any atom is -0.493 e. The molecule has 2 heterocycles. The first-order valence-corrected chi connectivity index (χ1v) is 7.09. The molecule has 20 heavy (non-hydrogen) atoms.